The van der Waals surface area contributed by atoms with Gasteiger partial charge in [-0.25, -0.2) is 8.78 Å². The SMILES string of the molecule is O=C(CN(CCO)CC(F)F)Nc1c(Br)cc(Br)cc1Br. The number of nitrogens with one attached hydrogen (secondary N) is 1. The molecule has 0 aliphatic carbocycles. The van der Waals surface area contributed by atoms with Crippen LogP contribution in [0.25, 0.3) is 0 Å². The summed E-state index contributed by atoms with van der Waals surface area (Å²) in [7, 11) is 0. The van der Waals surface area contributed by atoms with Gasteiger partial charge in [-0.05, 0) is 44.0 Å². The lowest BCUT2D eigenvalue weighted by molar-refractivity contribution is -0.117. The Morgan fingerprint density at radius 2 is 1.86 bits per heavy atom. The molecule has 2 N–H and O–H groups in total. The number of aliphatic hydroxyl groups excluding tert-OH is 1. The Morgan fingerprint density at radius 1 is 1.29 bits per heavy atom. The average molecular weight is 495 g/mol. The molecular formula is C12H13Br3F2N2O2. The van der Waals surface area contributed by atoms with Crippen molar-refractivity contribution in [3.63, 3.8) is 0 Å². The summed E-state index contributed by atoms with van der Waals surface area (Å²) in [5, 5.41) is 11.5. The van der Waals surface area contributed by atoms with Gasteiger partial charge < -0.3 is 10.4 Å². The fourth-order valence-electron chi connectivity index (χ4n) is 1.62. The van der Waals surface area contributed by atoms with Gasteiger partial charge >= 0.3 is 0 Å². The Morgan fingerprint density at radius 3 is 2.33 bits per heavy atom. The smallest absolute Gasteiger partial charge is 0.251 e. The number of nitrogens with zero attached hydrogens (tertiary/aromatic N) is 1. The molecule has 0 aliphatic heterocycles. The van der Waals surface area contributed by atoms with Crippen LogP contribution in [0.4, 0.5) is 14.5 Å². The minimum atomic E-state index is -2.56. The predicted octanol–water partition coefficient (Wildman–Crippen LogP) is 3.47. The molecule has 0 atom stereocenters. The van der Waals surface area contributed by atoms with Crippen LogP contribution in [0.3, 0.4) is 0 Å². The van der Waals surface area contributed by atoms with E-state index in [1.807, 2.05) is 0 Å². The highest BCUT2D eigenvalue weighted by Crippen LogP contribution is 2.34. The Balaban J connectivity index is 2.72. The molecule has 1 amide bonds. The number of amides is 1. The van der Waals surface area contributed by atoms with Gasteiger partial charge in [0.2, 0.25) is 5.91 Å². The van der Waals surface area contributed by atoms with Crippen molar-refractivity contribution in [2.24, 2.45) is 0 Å². The highest BCUT2D eigenvalue weighted by Gasteiger charge is 2.17. The average Bonchev–Trinajstić information content (AvgIpc) is 2.33. The third-order valence-electron chi connectivity index (χ3n) is 2.45. The molecule has 0 saturated heterocycles. The molecule has 0 fully saturated rings. The Kier molecular flexibility index (Phi) is 8.25. The lowest BCUT2D eigenvalue weighted by Gasteiger charge is -2.20. The van der Waals surface area contributed by atoms with Crippen LogP contribution in [0.5, 0.6) is 0 Å². The van der Waals surface area contributed by atoms with Crippen LogP contribution >= 0.6 is 47.8 Å². The third kappa shape index (κ3) is 6.68. The maximum Gasteiger partial charge on any atom is 0.251 e. The third-order valence-corrected chi connectivity index (χ3v) is 4.16. The van der Waals surface area contributed by atoms with Crippen molar-refractivity contribution < 1.29 is 18.7 Å². The summed E-state index contributed by atoms with van der Waals surface area (Å²) in [6.45, 7) is -1.05. The molecule has 1 rings (SSSR count). The Hall–Kier alpha value is -0.0900. The number of carbonyl (C=O) groups is 1. The second-order valence-corrected chi connectivity index (χ2v) is 6.77. The molecule has 0 radical (unpaired) electrons. The Labute approximate surface area is 146 Å². The normalized spacial score (nSPS) is 11.2. The van der Waals surface area contributed by atoms with Gasteiger partial charge in [0, 0.05) is 20.0 Å². The lowest BCUT2D eigenvalue weighted by Crippen LogP contribution is -2.38. The van der Waals surface area contributed by atoms with Crippen LogP contribution < -0.4 is 5.32 Å². The molecule has 4 nitrogen and oxygen atoms in total. The van der Waals surface area contributed by atoms with E-state index in [-0.39, 0.29) is 19.7 Å². The Bertz CT molecular complexity index is 480. The topological polar surface area (TPSA) is 52.6 Å². The zero-order valence-corrected chi connectivity index (χ0v) is 15.5. The molecule has 0 bridgehead atoms. The fourth-order valence-corrected chi connectivity index (χ4v) is 4.07. The number of rotatable bonds is 7. The van der Waals surface area contributed by atoms with Crippen molar-refractivity contribution in [2.75, 3.05) is 31.6 Å². The number of benzene rings is 1. The van der Waals surface area contributed by atoms with Gasteiger partial charge in [0.1, 0.15) is 0 Å². The van der Waals surface area contributed by atoms with E-state index in [4.69, 9.17) is 5.11 Å². The molecule has 0 heterocycles. The summed E-state index contributed by atoms with van der Waals surface area (Å²) in [6.07, 6.45) is -2.56. The van der Waals surface area contributed by atoms with E-state index in [2.05, 4.69) is 53.1 Å². The quantitative estimate of drug-likeness (QED) is 0.610. The number of alkyl halides is 2. The summed E-state index contributed by atoms with van der Waals surface area (Å²) in [6, 6.07) is 3.51. The summed E-state index contributed by atoms with van der Waals surface area (Å²) in [5.74, 6) is -0.437. The zero-order valence-electron chi connectivity index (χ0n) is 10.8. The number of anilines is 1. The molecule has 1 aromatic carbocycles. The first-order chi connectivity index (χ1) is 9.83. The highest BCUT2D eigenvalue weighted by molar-refractivity contribution is 9.11. The maximum atomic E-state index is 12.4. The number of carbonyl (C=O) groups excluding carboxylic acids is 1. The van der Waals surface area contributed by atoms with E-state index in [1.54, 1.807) is 12.1 Å². The number of aliphatic hydroxyl groups is 1. The van der Waals surface area contributed by atoms with Crippen LogP contribution in [0.15, 0.2) is 25.6 Å². The van der Waals surface area contributed by atoms with Crippen LogP contribution in [0.2, 0.25) is 0 Å². The van der Waals surface area contributed by atoms with Gasteiger partial charge in [0.05, 0.1) is 25.4 Å². The summed E-state index contributed by atoms with van der Waals surface area (Å²) >= 11 is 9.94. The zero-order chi connectivity index (χ0) is 16.0. The molecule has 0 unspecified atom stereocenters. The van der Waals surface area contributed by atoms with Crippen LogP contribution in [-0.2, 0) is 4.79 Å². The monoisotopic (exact) mass is 492 g/mol. The van der Waals surface area contributed by atoms with Crippen molar-refractivity contribution >= 4 is 59.4 Å². The largest absolute Gasteiger partial charge is 0.395 e. The van der Waals surface area contributed by atoms with E-state index < -0.39 is 18.9 Å². The predicted molar refractivity (Wildman–Crippen MR) is 87.7 cm³/mol. The number of halogens is 5. The van der Waals surface area contributed by atoms with E-state index in [0.29, 0.717) is 14.6 Å². The number of hydrogen-bond donors (Lipinski definition) is 2. The summed E-state index contributed by atoms with van der Waals surface area (Å²) < 4.78 is 26.9. The van der Waals surface area contributed by atoms with E-state index in [9.17, 15) is 13.6 Å². The van der Waals surface area contributed by atoms with E-state index in [0.717, 1.165) is 4.47 Å². The second-order valence-electron chi connectivity index (χ2n) is 4.14. The molecule has 9 heteroatoms. The molecule has 0 aromatic heterocycles. The number of hydrogen-bond acceptors (Lipinski definition) is 3. The van der Waals surface area contributed by atoms with Crippen molar-refractivity contribution in [1.29, 1.82) is 0 Å². The van der Waals surface area contributed by atoms with Gasteiger partial charge in [0.15, 0.2) is 0 Å². The molecule has 0 spiro atoms. The van der Waals surface area contributed by atoms with Gasteiger partial charge in [-0.1, -0.05) is 15.9 Å². The van der Waals surface area contributed by atoms with Crippen molar-refractivity contribution in [2.45, 2.75) is 6.43 Å². The van der Waals surface area contributed by atoms with Crippen molar-refractivity contribution in [1.82, 2.24) is 4.90 Å². The molecular weight excluding hydrogens is 482 g/mol. The minimum Gasteiger partial charge on any atom is -0.395 e. The maximum absolute atomic E-state index is 12.4. The highest BCUT2D eigenvalue weighted by atomic mass is 79.9. The standard InChI is InChI=1S/C12H13Br3F2N2O2/c13-7-3-8(14)12(9(15)4-7)18-11(21)6-19(1-2-20)5-10(16)17/h3-4,10,20H,1-2,5-6H2,(H,18,21). The first-order valence-electron chi connectivity index (χ1n) is 5.89. The summed E-state index contributed by atoms with van der Waals surface area (Å²) in [5.41, 5.74) is 0.518. The van der Waals surface area contributed by atoms with Gasteiger partial charge in [-0.15, -0.1) is 0 Å². The van der Waals surface area contributed by atoms with Crippen molar-refractivity contribution in [3.8, 4) is 0 Å². The van der Waals surface area contributed by atoms with Gasteiger partial charge in [-0.2, -0.15) is 0 Å². The van der Waals surface area contributed by atoms with Crippen LogP contribution in [0.1, 0.15) is 0 Å². The first-order valence-corrected chi connectivity index (χ1v) is 8.27. The second kappa shape index (κ2) is 9.14. The van der Waals surface area contributed by atoms with Crippen LogP contribution in [0, 0.1) is 0 Å². The first kappa shape index (κ1) is 19.0. The summed E-state index contributed by atoms with van der Waals surface area (Å²) in [4.78, 5) is 13.1. The molecule has 0 saturated carbocycles. The lowest BCUT2D eigenvalue weighted by atomic mass is 10.3. The minimum absolute atomic E-state index is 0.0143. The fraction of sp³-hybridized carbons (Fsp3) is 0.417. The molecule has 118 valence electrons. The molecule has 21 heavy (non-hydrogen) atoms. The van der Waals surface area contributed by atoms with Crippen molar-refractivity contribution in [3.05, 3.63) is 25.6 Å². The van der Waals surface area contributed by atoms with Crippen LogP contribution in [-0.4, -0.2) is 48.6 Å². The van der Waals surface area contributed by atoms with E-state index in [1.165, 1.54) is 4.90 Å². The molecule has 1 aromatic rings. The van der Waals surface area contributed by atoms with E-state index >= 15 is 0 Å². The van der Waals surface area contributed by atoms with Gasteiger partial charge in [0.25, 0.3) is 6.43 Å². The molecule has 0 aliphatic rings. The van der Waals surface area contributed by atoms with Gasteiger partial charge in [-0.3, -0.25) is 9.69 Å².